The molecule has 0 heterocycles. The Hall–Kier alpha value is -4.03. The molecule has 0 fully saturated rings. The molecule has 1 rings (SSSR count). The maximum Gasteiger partial charge on any atom is 0.408 e. The number of ether oxygens (including phenoxy) is 3. The Labute approximate surface area is 292 Å². The van der Waals surface area contributed by atoms with E-state index in [-0.39, 0.29) is 18.4 Å². The molecular formula is C36H61N5O8. The summed E-state index contributed by atoms with van der Waals surface area (Å²) in [5, 5.41) is 13.9. The molecule has 0 aliphatic rings. The molecule has 1 aromatic rings. The maximum atomic E-state index is 13.7. The van der Waals surface area contributed by atoms with Crippen LogP contribution in [-0.4, -0.2) is 78.1 Å². The number of hydrogen-bond acceptors (Lipinski definition) is 8. The Bertz CT molecular complexity index is 1190. The van der Waals surface area contributed by atoms with Gasteiger partial charge < -0.3 is 40.8 Å². The zero-order valence-corrected chi connectivity index (χ0v) is 31.2. The Morgan fingerprint density at radius 2 is 0.980 bits per heavy atom. The summed E-state index contributed by atoms with van der Waals surface area (Å²) in [4.78, 5) is 63.9. The van der Waals surface area contributed by atoms with Crippen LogP contribution >= 0.6 is 0 Å². The molecule has 0 saturated carbocycles. The van der Waals surface area contributed by atoms with Crippen molar-refractivity contribution in [3.63, 3.8) is 0 Å². The predicted octanol–water partition coefficient (Wildman–Crippen LogP) is 5.50. The van der Waals surface area contributed by atoms with Crippen LogP contribution in [0.15, 0.2) is 30.3 Å². The van der Waals surface area contributed by atoms with E-state index in [1.807, 2.05) is 37.3 Å². The minimum atomic E-state index is -0.998. The quantitative estimate of drug-likeness (QED) is 0.105. The van der Waals surface area contributed by atoms with E-state index >= 15 is 0 Å². The molecular weight excluding hydrogens is 630 g/mol. The van der Waals surface area contributed by atoms with Gasteiger partial charge in [-0.1, -0.05) is 30.3 Å². The van der Waals surface area contributed by atoms with E-state index in [0.29, 0.717) is 51.6 Å². The summed E-state index contributed by atoms with van der Waals surface area (Å²) in [6.45, 7) is 18.4. The van der Waals surface area contributed by atoms with Gasteiger partial charge in [0.25, 0.3) is 0 Å². The number of benzene rings is 1. The van der Waals surface area contributed by atoms with E-state index in [2.05, 4.69) is 26.6 Å². The number of carbonyl (C=O) groups excluding carboxylic acids is 5. The molecule has 278 valence electrons. The molecule has 5 amide bonds. The van der Waals surface area contributed by atoms with Gasteiger partial charge in [0.05, 0.1) is 0 Å². The second-order valence-corrected chi connectivity index (χ2v) is 15.2. The van der Waals surface area contributed by atoms with E-state index in [9.17, 15) is 24.0 Å². The van der Waals surface area contributed by atoms with Gasteiger partial charge in [-0.15, -0.1) is 0 Å². The summed E-state index contributed by atoms with van der Waals surface area (Å²) < 4.78 is 15.9. The Kier molecular flexibility index (Phi) is 18.0. The van der Waals surface area contributed by atoms with Crippen molar-refractivity contribution in [3.05, 3.63) is 35.9 Å². The third kappa shape index (κ3) is 22.3. The number of carbonyl (C=O) groups is 5. The van der Waals surface area contributed by atoms with Crippen molar-refractivity contribution in [1.82, 2.24) is 26.6 Å². The van der Waals surface area contributed by atoms with E-state index in [1.165, 1.54) is 0 Å². The fraction of sp³-hybridized carbons (Fsp3) is 0.694. The molecule has 0 bridgehead atoms. The molecule has 49 heavy (non-hydrogen) atoms. The third-order valence-corrected chi connectivity index (χ3v) is 6.59. The molecule has 13 nitrogen and oxygen atoms in total. The normalized spacial score (nSPS) is 13.6. The van der Waals surface area contributed by atoms with Crippen molar-refractivity contribution in [2.75, 3.05) is 13.1 Å². The van der Waals surface area contributed by atoms with Crippen LogP contribution in [-0.2, 0) is 30.2 Å². The Morgan fingerprint density at radius 1 is 0.571 bits per heavy atom. The van der Waals surface area contributed by atoms with Gasteiger partial charge in [0, 0.05) is 19.1 Å². The molecule has 0 radical (unpaired) electrons. The molecule has 0 aliphatic heterocycles. The van der Waals surface area contributed by atoms with Gasteiger partial charge in [-0.2, -0.15) is 0 Å². The van der Waals surface area contributed by atoms with Crippen molar-refractivity contribution >= 4 is 30.1 Å². The molecule has 3 atom stereocenters. The van der Waals surface area contributed by atoms with Crippen LogP contribution in [0.25, 0.3) is 0 Å². The van der Waals surface area contributed by atoms with Gasteiger partial charge >= 0.3 is 18.3 Å². The number of nitrogens with one attached hydrogen (secondary N) is 5. The molecule has 1 aromatic carbocycles. The van der Waals surface area contributed by atoms with Crippen molar-refractivity contribution in [1.29, 1.82) is 0 Å². The van der Waals surface area contributed by atoms with Gasteiger partial charge in [0.1, 0.15) is 28.9 Å². The summed E-state index contributed by atoms with van der Waals surface area (Å²) in [5.74, 6) is -0.886. The topological polar surface area (TPSA) is 173 Å². The number of alkyl carbamates (subject to hydrolysis) is 3. The zero-order chi connectivity index (χ0) is 37.3. The summed E-state index contributed by atoms with van der Waals surface area (Å²) in [7, 11) is 0. The zero-order valence-electron chi connectivity index (χ0n) is 31.2. The first-order chi connectivity index (χ1) is 22.6. The Balaban J connectivity index is 2.96. The highest BCUT2D eigenvalue weighted by Crippen LogP contribution is 2.12. The number of amides is 5. The van der Waals surface area contributed by atoms with E-state index < -0.39 is 53.1 Å². The van der Waals surface area contributed by atoms with Crippen LogP contribution in [0.4, 0.5) is 14.4 Å². The smallest absolute Gasteiger partial charge is 0.408 e. The molecule has 0 unspecified atom stereocenters. The highest BCUT2D eigenvalue weighted by atomic mass is 16.6. The molecule has 5 N–H and O–H groups in total. The lowest BCUT2D eigenvalue weighted by molar-refractivity contribution is -0.130. The van der Waals surface area contributed by atoms with Gasteiger partial charge in [0.2, 0.25) is 11.8 Å². The van der Waals surface area contributed by atoms with E-state index in [4.69, 9.17) is 14.2 Å². The minimum Gasteiger partial charge on any atom is -0.444 e. The molecule has 0 saturated heterocycles. The molecule has 13 heteroatoms. The van der Waals surface area contributed by atoms with Gasteiger partial charge in [-0.05, 0) is 120 Å². The summed E-state index contributed by atoms with van der Waals surface area (Å²) in [6, 6.07) is 7.65. The van der Waals surface area contributed by atoms with Crippen LogP contribution in [0.3, 0.4) is 0 Å². The van der Waals surface area contributed by atoms with Crippen molar-refractivity contribution in [3.8, 4) is 0 Å². The first kappa shape index (κ1) is 43.0. The average Bonchev–Trinajstić information content (AvgIpc) is 2.93. The van der Waals surface area contributed by atoms with Crippen LogP contribution in [0.2, 0.25) is 0 Å². The highest BCUT2D eigenvalue weighted by molar-refractivity contribution is 5.91. The molecule has 0 aliphatic carbocycles. The fourth-order valence-electron chi connectivity index (χ4n) is 4.58. The maximum absolute atomic E-state index is 13.7. The van der Waals surface area contributed by atoms with Crippen LogP contribution in [0.5, 0.6) is 0 Å². The Morgan fingerprint density at radius 3 is 1.43 bits per heavy atom. The SMILES string of the molecule is C[C@@H](Cc1ccccc1)NC(=O)[C@H](CCCCNC(=O)OC(C)(C)C)NC(=O)[C@H](CCCCNC(=O)OC(C)(C)C)NC(=O)OC(C)(C)C. The van der Waals surface area contributed by atoms with Crippen molar-refractivity contribution in [2.24, 2.45) is 0 Å². The monoisotopic (exact) mass is 691 g/mol. The van der Waals surface area contributed by atoms with E-state index in [1.54, 1.807) is 62.3 Å². The standard InChI is InChI=1S/C36H61N5O8/c1-25(24-26-18-12-11-13-19-26)39-29(42)27(20-14-16-22-37-31(44)47-34(2,3)4)40-30(43)28(41-33(46)49-36(8,9)10)21-15-17-23-38-32(45)48-35(5,6)7/h11-13,18-19,25,27-28H,14-17,20-24H2,1-10H3,(H,37,44)(H,38,45)(H,39,42)(H,40,43)(H,41,46)/t25-,27-,28-/m0/s1. The number of rotatable bonds is 17. The van der Waals surface area contributed by atoms with Crippen LogP contribution in [0.1, 0.15) is 113 Å². The van der Waals surface area contributed by atoms with Crippen molar-refractivity contribution < 1.29 is 38.2 Å². The number of unbranched alkanes of at least 4 members (excludes halogenated alkanes) is 2. The largest absolute Gasteiger partial charge is 0.444 e. The third-order valence-electron chi connectivity index (χ3n) is 6.59. The summed E-state index contributed by atoms with van der Waals surface area (Å²) in [6.07, 6.45) is 1.37. The first-order valence-electron chi connectivity index (χ1n) is 17.2. The van der Waals surface area contributed by atoms with Crippen LogP contribution < -0.4 is 26.6 Å². The van der Waals surface area contributed by atoms with Gasteiger partial charge in [-0.25, -0.2) is 14.4 Å². The summed E-state index contributed by atoms with van der Waals surface area (Å²) >= 11 is 0. The number of hydrogen-bond donors (Lipinski definition) is 5. The van der Waals surface area contributed by atoms with Gasteiger partial charge in [-0.3, -0.25) is 9.59 Å². The predicted molar refractivity (Wildman–Crippen MR) is 189 cm³/mol. The molecule has 0 spiro atoms. The lowest BCUT2D eigenvalue weighted by Crippen LogP contribution is -2.55. The van der Waals surface area contributed by atoms with Crippen LogP contribution in [0, 0.1) is 0 Å². The second-order valence-electron chi connectivity index (χ2n) is 15.2. The fourth-order valence-corrected chi connectivity index (χ4v) is 4.58. The van der Waals surface area contributed by atoms with Gasteiger partial charge in [0.15, 0.2) is 0 Å². The lowest BCUT2D eigenvalue weighted by Gasteiger charge is -2.26. The second kappa shape index (κ2) is 20.5. The summed E-state index contributed by atoms with van der Waals surface area (Å²) in [5.41, 5.74) is -0.965. The highest BCUT2D eigenvalue weighted by Gasteiger charge is 2.29. The van der Waals surface area contributed by atoms with Crippen molar-refractivity contribution in [2.45, 2.75) is 149 Å². The van der Waals surface area contributed by atoms with E-state index in [0.717, 1.165) is 5.56 Å². The average molecular weight is 692 g/mol. The minimum absolute atomic E-state index is 0.212. The lowest BCUT2D eigenvalue weighted by atomic mass is 10.0. The first-order valence-corrected chi connectivity index (χ1v) is 17.2. The molecule has 0 aromatic heterocycles.